The number of carbonyl (C=O) groups is 3. The van der Waals surface area contributed by atoms with Crippen molar-refractivity contribution in [1.82, 2.24) is 10.2 Å². The largest absolute Gasteiger partial charge is 0.452 e. The van der Waals surface area contributed by atoms with Gasteiger partial charge in [0.25, 0.3) is 5.91 Å². The fourth-order valence-electron chi connectivity index (χ4n) is 1.81. The Kier molecular flexibility index (Phi) is 8.57. The van der Waals surface area contributed by atoms with Gasteiger partial charge in [-0.1, -0.05) is 23.7 Å². The molecule has 0 aliphatic heterocycles. The predicted molar refractivity (Wildman–Crippen MR) is 92.4 cm³/mol. The van der Waals surface area contributed by atoms with Gasteiger partial charge in [0.05, 0.1) is 6.54 Å². The number of rotatable bonds is 8. The molecular weight excluding hydrogens is 332 g/mol. The normalized spacial score (nSPS) is 10.5. The van der Waals surface area contributed by atoms with Gasteiger partial charge >= 0.3 is 5.97 Å². The van der Waals surface area contributed by atoms with Gasteiger partial charge in [0, 0.05) is 24.2 Å². The third kappa shape index (κ3) is 7.28. The highest BCUT2D eigenvalue weighted by Gasteiger charge is 2.16. The molecule has 0 unspecified atom stereocenters. The lowest BCUT2D eigenvalue weighted by Crippen LogP contribution is -2.42. The number of nitrogens with one attached hydrogen (secondary N) is 1. The molecule has 2 amide bonds. The molecule has 24 heavy (non-hydrogen) atoms. The first-order valence-electron chi connectivity index (χ1n) is 7.61. The monoisotopic (exact) mass is 352 g/mol. The third-order valence-electron chi connectivity index (χ3n) is 3.06. The molecule has 7 heteroatoms. The van der Waals surface area contributed by atoms with Gasteiger partial charge in [0.2, 0.25) is 5.91 Å². The van der Waals surface area contributed by atoms with Crippen LogP contribution in [-0.4, -0.2) is 48.9 Å². The topological polar surface area (TPSA) is 75.7 Å². The molecule has 0 radical (unpaired) electrons. The van der Waals surface area contributed by atoms with E-state index >= 15 is 0 Å². The SMILES string of the molecule is CCNC(=O)CN(CC)C(=O)COC(=O)/C=C/c1ccc(Cl)cc1. The van der Waals surface area contributed by atoms with Crippen LogP contribution in [0.1, 0.15) is 19.4 Å². The van der Waals surface area contributed by atoms with E-state index < -0.39 is 18.5 Å². The second kappa shape index (κ2) is 10.4. The third-order valence-corrected chi connectivity index (χ3v) is 3.31. The van der Waals surface area contributed by atoms with Gasteiger partial charge in [-0.25, -0.2) is 4.79 Å². The van der Waals surface area contributed by atoms with Crippen LogP contribution in [-0.2, 0) is 19.1 Å². The van der Waals surface area contributed by atoms with Crippen molar-refractivity contribution >= 4 is 35.5 Å². The summed E-state index contributed by atoms with van der Waals surface area (Å²) >= 11 is 5.77. The fraction of sp³-hybridized carbons (Fsp3) is 0.353. The fourth-order valence-corrected chi connectivity index (χ4v) is 1.94. The Bertz CT molecular complexity index is 599. The molecule has 6 nitrogen and oxygen atoms in total. The number of benzene rings is 1. The van der Waals surface area contributed by atoms with E-state index in [0.717, 1.165) is 5.56 Å². The highest BCUT2D eigenvalue weighted by atomic mass is 35.5. The molecule has 0 saturated carbocycles. The van der Waals surface area contributed by atoms with Gasteiger partial charge in [0.15, 0.2) is 6.61 Å². The Morgan fingerprint density at radius 2 is 1.88 bits per heavy atom. The van der Waals surface area contributed by atoms with Crippen LogP contribution in [0.4, 0.5) is 0 Å². The molecule has 0 fully saturated rings. The molecular formula is C17H21ClN2O4. The van der Waals surface area contributed by atoms with E-state index in [2.05, 4.69) is 5.32 Å². The second-order valence-electron chi connectivity index (χ2n) is 4.85. The van der Waals surface area contributed by atoms with Crippen molar-refractivity contribution in [3.8, 4) is 0 Å². The summed E-state index contributed by atoms with van der Waals surface area (Å²) in [5.41, 5.74) is 0.786. The number of amides is 2. The molecule has 0 aliphatic rings. The van der Waals surface area contributed by atoms with Gasteiger partial charge < -0.3 is 15.0 Å². The minimum Gasteiger partial charge on any atom is -0.452 e. The highest BCUT2D eigenvalue weighted by molar-refractivity contribution is 6.30. The van der Waals surface area contributed by atoms with Crippen LogP contribution in [0.2, 0.25) is 5.02 Å². The summed E-state index contributed by atoms with van der Waals surface area (Å²) < 4.78 is 4.90. The summed E-state index contributed by atoms with van der Waals surface area (Å²) in [6, 6.07) is 6.91. The average Bonchev–Trinajstić information content (AvgIpc) is 2.57. The number of likely N-dealkylation sites (N-methyl/N-ethyl adjacent to an activating group) is 2. The summed E-state index contributed by atoms with van der Waals surface area (Å²) in [6.45, 7) is 3.94. The number of halogens is 1. The molecule has 1 rings (SSSR count). The molecule has 1 aromatic carbocycles. The maximum atomic E-state index is 12.0. The standard InChI is InChI=1S/C17H21ClN2O4/c1-3-19-15(21)11-20(4-2)16(22)12-24-17(23)10-7-13-5-8-14(18)9-6-13/h5-10H,3-4,11-12H2,1-2H3,(H,19,21)/b10-7+. The maximum absolute atomic E-state index is 12.0. The number of esters is 1. The molecule has 0 saturated heterocycles. The molecule has 1 aromatic rings. The summed E-state index contributed by atoms with van der Waals surface area (Å²) in [4.78, 5) is 36.4. The van der Waals surface area contributed by atoms with Crippen molar-refractivity contribution < 1.29 is 19.1 Å². The van der Waals surface area contributed by atoms with Gasteiger partial charge in [-0.05, 0) is 37.6 Å². The van der Waals surface area contributed by atoms with Crippen LogP contribution in [0.25, 0.3) is 6.08 Å². The number of nitrogens with zero attached hydrogens (tertiary/aromatic N) is 1. The Balaban J connectivity index is 2.45. The zero-order valence-corrected chi connectivity index (χ0v) is 14.5. The van der Waals surface area contributed by atoms with Crippen molar-refractivity contribution in [1.29, 1.82) is 0 Å². The molecule has 130 valence electrons. The number of hydrogen-bond acceptors (Lipinski definition) is 4. The molecule has 0 heterocycles. The first kappa shape index (κ1) is 19.7. The van der Waals surface area contributed by atoms with Gasteiger partial charge in [-0.3, -0.25) is 9.59 Å². The lowest BCUT2D eigenvalue weighted by atomic mass is 10.2. The number of carbonyl (C=O) groups excluding carboxylic acids is 3. The molecule has 0 atom stereocenters. The van der Waals surface area contributed by atoms with E-state index in [0.29, 0.717) is 18.1 Å². The van der Waals surface area contributed by atoms with Crippen molar-refractivity contribution in [2.75, 3.05) is 26.2 Å². The van der Waals surface area contributed by atoms with Crippen molar-refractivity contribution in [3.63, 3.8) is 0 Å². The highest BCUT2D eigenvalue weighted by Crippen LogP contribution is 2.10. The number of ether oxygens (including phenoxy) is 1. The van der Waals surface area contributed by atoms with E-state index in [9.17, 15) is 14.4 Å². The summed E-state index contributed by atoms with van der Waals surface area (Å²) in [7, 11) is 0. The van der Waals surface area contributed by atoms with Crippen molar-refractivity contribution in [2.45, 2.75) is 13.8 Å². The first-order valence-corrected chi connectivity index (χ1v) is 7.99. The minimum atomic E-state index is -0.632. The number of hydrogen-bond donors (Lipinski definition) is 1. The minimum absolute atomic E-state index is 0.0542. The van der Waals surface area contributed by atoms with Crippen LogP contribution in [0.3, 0.4) is 0 Å². The quantitative estimate of drug-likeness (QED) is 0.572. The Morgan fingerprint density at radius 1 is 1.21 bits per heavy atom. The van der Waals surface area contributed by atoms with Gasteiger partial charge in [-0.2, -0.15) is 0 Å². The predicted octanol–water partition coefficient (Wildman–Crippen LogP) is 1.88. The molecule has 0 bridgehead atoms. The van der Waals surface area contributed by atoms with Crippen LogP contribution >= 0.6 is 11.6 Å². The smallest absolute Gasteiger partial charge is 0.331 e. The summed E-state index contributed by atoms with van der Waals surface area (Å²) in [6.07, 6.45) is 2.80. The average molecular weight is 353 g/mol. The van der Waals surface area contributed by atoms with Crippen LogP contribution < -0.4 is 5.32 Å². The van der Waals surface area contributed by atoms with Crippen molar-refractivity contribution in [3.05, 3.63) is 40.9 Å². The summed E-state index contributed by atoms with van der Waals surface area (Å²) in [5.74, 6) is -1.30. The molecule has 0 aliphatic carbocycles. The van der Waals surface area contributed by atoms with E-state index in [4.69, 9.17) is 16.3 Å². The van der Waals surface area contributed by atoms with E-state index in [1.54, 1.807) is 44.2 Å². The lowest BCUT2D eigenvalue weighted by Gasteiger charge is -2.19. The van der Waals surface area contributed by atoms with Gasteiger partial charge in [-0.15, -0.1) is 0 Å². The van der Waals surface area contributed by atoms with Crippen LogP contribution in [0, 0.1) is 0 Å². The van der Waals surface area contributed by atoms with Crippen molar-refractivity contribution in [2.24, 2.45) is 0 Å². The Hall–Kier alpha value is -2.34. The van der Waals surface area contributed by atoms with Gasteiger partial charge in [0.1, 0.15) is 0 Å². The molecule has 0 aromatic heterocycles. The van der Waals surface area contributed by atoms with E-state index in [-0.39, 0.29) is 12.5 Å². The second-order valence-corrected chi connectivity index (χ2v) is 5.29. The first-order chi connectivity index (χ1) is 11.5. The Labute approximate surface area is 146 Å². The zero-order chi connectivity index (χ0) is 17.9. The molecule has 0 spiro atoms. The Morgan fingerprint density at radius 3 is 2.46 bits per heavy atom. The molecule has 1 N–H and O–H groups in total. The zero-order valence-electron chi connectivity index (χ0n) is 13.8. The van der Waals surface area contributed by atoms with E-state index in [1.165, 1.54) is 11.0 Å². The maximum Gasteiger partial charge on any atom is 0.331 e. The lowest BCUT2D eigenvalue weighted by molar-refractivity contribution is -0.148. The van der Waals surface area contributed by atoms with Crippen LogP contribution in [0.5, 0.6) is 0 Å². The summed E-state index contributed by atoms with van der Waals surface area (Å²) in [5, 5.41) is 3.22. The van der Waals surface area contributed by atoms with E-state index in [1.807, 2.05) is 0 Å². The van der Waals surface area contributed by atoms with Crippen LogP contribution in [0.15, 0.2) is 30.3 Å².